The maximum Gasteiger partial charge on any atom is 0.129 e. The molecule has 0 N–H and O–H groups in total. The van der Waals surface area contributed by atoms with Crippen molar-refractivity contribution in [3.63, 3.8) is 0 Å². The molecule has 0 aromatic heterocycles. The van der Waals surface area contributed by atoms with Gasteiger partial charge in [-0.25, -0.2) is 8.78 Å². The van der Waals surface area contributed by atoms with E-state index in [0.717, 1.165) is 31.9 Å². The summed E-state index contributed by atoms with van der Waals surface area (Å²) in [6, 6.07) is 3.91. The van der Waals surface area contributed by atoms with Gasteiger partial charge in [-0.3, -0.25) is 0 Å². The fourth-order valence-corrected chi connectivity index (χ4v) is 4.28. The van der Waals surface area contributed by atoms with Crippen LogP contribution >= 0.6 is 0 Å². The van der Waals surface area contributed by atoms with Crippen LogP contribution in [0, 0.1) is 17.6 Å². The highest BCUT2D eigenvalue weighted by molar-refractivity contribution is 5.18. The van der Waals surface area contributed by atoms with Crippen molar-refractivity contribution in [2.24, 2.45) is 5.92 Å². The minimum absolute atomic E-state index is 0.0601. The number of unbranched alkanes of at least 4 members (excludes halogenated alkanes) is 8. The van der Waals surface area contributed by atoms with E-state index < -0.39 is 11.6 Å². The predicted molar refractivity (Wildman–Crippen MR) is 120 cm³/mol. The Kier molecular flexibility index (Phi) is 13.4. The third-order valence-corrected chi connectivity index (χ3v) is 6.17. The first-order chi connectivity index (χ1) is 13.9. The molecule has 1 unspecified atom stereocenters. The third kappa shape index (κ3) is 11.1. The molecule has 1 nitrogen and oxygen atoms in total. The summed E-state index contributed by atoms with van der Waals surface area (Å²) in [4.78, 5) is 0. The molecule has 0 fully saturated rings. The van der Waals surface area contributed by atoms with Gasteiger partial charge >= 0.3 is 0 Å². The molecule has 0 saturated heterocycles. The topological polar surface area (TPSA) is 9.23 Å². The average molecular weight is 411 g/mol. The molecule has 0 bridgehead atoms. The van der Waals surface area contributed by atoms with Crippen molar-refractivity contribution in [3.05, 3.63) is 35.4 Å². The Labute approximate surface area is 178 Å². The summed E-state index contributed by atoms with van der Waals surface area (Å²) in [6.45, 7) is 9.60. The Hall–Kier alpha value is -0.960. The largest absolute Gasteiger partial charge is 0.376 e. The Bertz CT molecular complexity index is 542. The summed E-state index contributed by atoms with van der Waals surface area (Å²) in [6.07, 6.45) is 15.6. The minimum atomic E-state index is -0.500. The fourth-order valence-electron chi connectivity index (χ4n) is 4.28. The Morgan fingerprint density at radius 3 is 2.00 bits per heavy atom. The first-order valence-electron chi connectivity index (χ1n) is 12.0. The standard InChI is InChI=1S/C26H44F2O/c1-5-7-8-9-10-14-17-23(26(3,4)29-6-2)18-15-12-11-13-16-22-19-20-24(27)21-25(22)28/h19-21,23H,5-18H2,1-4H3. The number of aryl methyl sites for hydroxylation is 1. The van der Waals surface area contributed by atoms with Crippen molar-refractivity contribution in [1.82, 2.24) is 0 Å². The van der Waals surface area contributed by atoms with E-state index in [-0.39, 0.29) is 5.60 Å². The summed E-state index contributed by atoms with van der Waals surface area (Å²) in [5, 5.41) is 0. The monoisotopic (exact) mass is 410 g/mol. The molecule has 0 aliphatic rings. The molecular formula is C26H44F2O. The van der Waals surface area contributed by atoms with E-state index in [1.807, 2.05) is 0 Å². The average Bonchev–Trinajstić information content (AvgIpc) is 2.66. The lowest BCUT2D eigenvalue weighted by molar-refractivity contribution is -0.0605. The van der Waals surface area contributed by atoms with E-state index in [2.05, 4.69) is 27.7 Å². The van der Waals surface area contributed by atoms with Crippen LogP contribution in [0.5, 0.6) is 0 Å². The Morgan fingerprint density at radius 1 is 0.828 bits per heavy atom. The van der Waals surface area contributed by atoms with E-state index in [1.54, 1.807) is 6.07 Å². The van der Waals surface area contributed by atoms with Gasteiger partial charge in [0.25, 0.3) is 0 Å². The molecule has 1 aromatic carbocycles. The van der Waals surface area contributed by atoms with Gasteiger partial charge in [-0.2, -0.15) is 0 Å². The highest BCUT2D eigenvalue weighted by atomic mass is 19.1. The van der Waals surface area contributed by atoms with Crippen molar-refractivity contribution < 1.29 is 13.5 Å². The van der Waals surface area contributed by atoms with Gasteiger partial charge in [0.05, 0.1) is 5.60 Å². The van der Waals surface area contributed by atoms with E-state index in [0.29, 0.717) is 17.9 Å². The number of rotatable bonds is 17. The maximum absolute atomic E-state index is 13.7. The third-order valence-electron chi connectivity index (χ3n) is 6.17. The van der Waals surface area contributed by atoms with Crippen LogP contribution in [-0.2, 0) is 11.2 Å². The second kappa shape index (κ2) is 14.9. The van der Waals surface area contributed by atoms with E-state index in [4.69, 9.17) is 4.74 Å². The van der Waals surface area contributed by atoms with Gasteiger partial charge in [0.1, 0.15) is 11.6 Å². The van der Waals surface area contributed by atoms with E-state index in [1.165, 1.54) is 63.9 Å². The molecule has 29 heavy (non-hydrogen) atoms. The maximum atomic E-state index is 13.7. The van der Waals surface area contributed by atoms with Gasteiger partial charge in [-0.1, -0.05) is 70.8 Å². The molecular weight excluding hydrogens is 366 g/mol. The zero-order valence-electron chi connectivity index (χ0n) is 19.4. The van der Waals surface area contributed by atoms with Gasteiger partial charge in [-0.05, 0) is 64.0 Å². The molecule has 3 heteroatoms. The molecule has 1 aromatic rings. The number of benzene rings is 1. The highest BCUT2D eigenvalue weighted by Crippen LogP contribution is 2.31. The van der Waals surface area contributed by atoms with Crippen LogP contribution in [0.25, 0.3) is 0 Å². The lowest BCUT2D eigenvalue weighted by Gasteiger charge is -2.34. The zero-order chi connectivity index (χ0) is 21.5. The number of ether oxygens (including phenoxy) is 1. The van der Waals surface area contributed by atoms with Crippen LogP contribution in [0.4, 0.5) is 8.78 Å². The van der Waals surface area contributed by atoms with Gasteiger partial charge in [-0.15, -0.1) is 0 Å². The second-order valence-electron chi connectivity index (χ2n) is 8.98. The quantitative estimate of drug-likeness (QED) is 0.233. The summed E-state index contributed by atoms with van der Waals surface area (Å²) in [7, 11) is 0. The number of hydrogen-bond donors (Lipinski definition) is 0. The van der Waals surface area contributed by atoms with E-state index in [9.17, 15) is 8.78 Å². The van der Waals surface area contributed by atoms with Crippen LogP contribution in [-0.4, -0.2) is 12.2 Å². The second-order valence-corrected chi connectivity index (χ2v) is 8.98. The van der Waals surface area contributed by atoms with Crippen molar-refractivity contribution in [3.8, 4) is 0 Å². The minimum Gasteiger partial charge on any atom is -0.376 e. The van der Waals surface area contributed by atoms with Crippen LogP contribution in [0.3, 0.4) is 0 Å². The zero-order valence-corrected chi connectivity index (χ0v) is 19.4. The van der Waals surface area contributed by atoms with Crippen molar-refractivity contribution in [2.75, 3.05) is 6.61 Å². The fraction of sp³-hybridized carbons (Fsp3) is 0.769. The van der Waals surface area contributed by atoms with Crippen LogP contribution < -0.4 is 0 Å². The van der Waals surface area contributed by atoms with Crippen LogP contribution in [0.15, 0.2) is 18.2 Å². The highest BCUT2D eigenvalue weighted by Gasteiger charge is 2.28. The molecule has 0 aliphatic carbocycles. The van der Waals surface area contributed by atoms with Gasteiger partial charge in [0, 0.05) is 12.7 Å². The molecule has 0 heterocycles. The normalized spacial score (nSPS) is 13.0. The van der Waals surface area contributed by atoms with E-state index >= 15 is 0 Å². The Morgan fingerprint density at radius 2 is 1.41 bits per heavy atom. The van der Waals surface area contributed by atoms with Gasteiger partial charge in [0.2, 0.25) is 0 Å². The molecule has 0 amide bonds. The number of halogens is 2. The molecule has 0 radical (unpaired) electrons. The summed E-state index contributed by atoms with van der Waals surface area (Å²) in [5.74, 6) is -0.315. The first kappa shape index (κ1) is 26.1. The molecule has 168 valence electrons. The molecule has 0 saturated carbocycles. The van der Waals surface area contributed by atoms with Crippen molar-refractivity contribution in [2.45, 2.75) is 117 Å². The SMILES string of the molecule is CCCCCCCCC(CCCCCCc1ccc(F)cc1F)C(C)(C)OCC. The summed E-state index contributed by atoms with van der Waals surface area (Å²) >= 11 is 0. The molecule has 0 aliphatic heterocycles. The first-order valence-corrected chi connectivity index (χ1v) is 12.0. The molecule has 0 spiro atoms. The molecule has 1 rings (SSSR count). The predicted octanol–water partition coefficient (Wildman–Crippen LogP) is 8.64. The van der Waals surface area contributed by atoms with Crippen LogP contribution in [0.1, 0.15) is 110 Å². The lowest BCUT2D eigenvalue weighted by Crippen LogP contribution is -2.34. The van der Waals surface area contributed by atoms with Crippen molar-refractivity contribution >= 4 is 0 Å². The van der Waals surface area contributed by atoms with Gasteiger partial charge < -0.3 is 4.74 Å². The Balaban J connectivity index is 2.31. The van der Waals surface area contributed by atoms with Crippen LogP contribution in [0.2, 0.25) is 0 Å². The van der Waals surface area contributed by atoms with Crippen molar-refractivity contribution in [1.29, 1.82) is 0 Å². The summed E-state index contributed by atoms with van der Waals surface area (Å²) < 4.78 is 32.8. The summed E-state index contributed by atoms with van der Waals surface area (Å²) in [5.41, 5.74) is 0.569. The van der Waals surface area contributed by atoms with Gasteiger partial charge in [0.15, 0.2) is 0 Å². The smallest absolute Gasteiger partial charge is 0.129 e. The number of hydrogen-bond acceptors (Lipinski definition) is 1. The molecule has 1 atom stereocenters. The lowest BCUT2D eigenvalue weighted by atomic mass is 9.82.